The number of nitrogens with two attached hydrogens (primary N) is 1. The minimum atomic E-state index is 0.238. The van der Waals surface area contributed by atoms with Crippen LogP contribution in [0.2, 0.25) is 0 Å². The molecule has 0 radical (unpaired) electrons. The van der Waals surface area contributed by atoms with Crippen LogP contribution in [-0.4, -0.2) is 29.9 Å². The molecule has 0 bridgehead atoms. The normalized spacial score (nSPS) is 18.1. The highest BCUT2D eigenvalue weighted by Gasteiger charge is 2.22. The van der Waals surface area contributed by atoms with Gasteiger partial charge in [-0.3, -0.25) is 4.79 Å². The smallest absolute Gasteiger partial charge is 0.224 e. The van der Waals surface area contributed by atoms with Gasteiger partial charge in [0, 0.05) is 25.6 Å². The number of carbonyl (C=O) groups excluding carboxylic acids is 1. The van der Waals surface area contributed by atoms with E-state index in [0.717, 1.165) is 6.54 Å². The molecule has 0 aromatic heterocycles. The van der Waals surface area contributed by atoms with Crippen molar-refractivity contribution in [1.29, 1.82) is 0 Å². The van der Waals surface area contributed by atoms with Crippen molar-refractivity contribution in [3.8, 4) is 0 Å². The van der Waals surface area contributed by atoms with E-state index in [1.165, 1.54) is 32.1 Å². The molecule has 1 saturated carbocycles. The van der Waals surface area contributed by atoms with Crippen molar-refractivity contribution in [2.24, 2.45) is 5.73 Å². The lowest BCUT2D eigenvalue weighted by Crippen LogP contribution is -2.41. The summed E-state index contributed by atoms with van der Waals surface area (Å²) in [6.45, 7) is 3.37. The first kappa shape index (κ1) is 11.5. The molecule has 14 heavy (non-hydrogen) atoms. The highest BCUT2D eigenvalue weighted by atomic mass is 16.2. The number of carbonyl (C=O) groups is 1. The van der Waals surface area contributed by atoms with Crippen molar-refractivity contribution >= 4 is 5.91 Å². The van der Waals surface area contributed by atoms with Gasteiger partial charge in [-0.15, -0.1) is 0 Å². The van der Waals surface area contributed by atoms with E-state index >= 15 is 0 Å². The Bertz CT molecular complexity index is 176. The van der Waals surface area contributed by atoms with Crippen molar-refractivity contribution < 1.29 is 4.79 Å². The maximum absolute atomic E-state index is 11.7. The van der Waals surface area contributed by atoms with Gasteiger partial charge in [0.05, 0.1) is 0 Å². The van der Waals surface area contributed by atoms with Gasteiger partial charge >= 0.3 is 0 Å². The van der Waals surface area contributed by atoms with Gasteiger partial charge in [0.1, 0.15) is 0 Å². The predicted molar refractivity (Wildman–Crippen MR) is 57.9 cm³/mol. The van der Waals surface area contributed by atoms with Crippen LogP contribution in [0.1, 0.15) is 45.4 Å². The summed E-state index contributed by atoms with van der Waals surface area (Å²) >= 11 is 0. The molecule has 0 spiro atoms. The largest absolute Gasteiger partial charge is 0.340 e. The Balaban J connectivity index is 2.46. The molecule has 0 saturated heterocycles. The second-order valence-electron chi connectivity index (χ2n) is 4.01. The Hall–Kier alpha value is -0.570. The van der Waals surface area contributed by atoms with Crippen LogP contribution < -0.4 is 5.73 Å². The van der Waals surface area contributed by atoms with Crippen molar-refractivity contribution in [1.82, 2.24) is 4.90 Å². The summed E-state index contributed by atoms with van der Waals surface area (Å²) in [5.41, 5.74) is 5.40. The molecule has 82 valence electrons. The fourth-order valence-corrected chi connectivity index (χ4v) is 2.30. The van der Waals surface area contributed by atoms with Gasteiger partial charge in [-0.05, 0) is 19.8 Å². The molecule has 1 amide bonds. The molecule has 0 aromatic rings. The molecule has 0 heterocycles. The summed E-state index contributed by atoms with van der Waals surface area (Å²) in [7, 11) is 0. The summed E-state index contributed by atoms with van der Waals surface area (Å²) in [6.07, 6.45) is 6.76. The van der Waals surface area contributed by atoms with E-state index in [-0.39, 0.29) is 5.91 Å². The lowest BCUT2D eigenvalue weighted by atomic mass is 9.94. The average molecular weight is 198 g/mol. The Morgan fingerprint density at radius 1 is 1.36 bits per heavy atom. The molecule has 0 atom stereocenters. The lowest BCUT2D eigenvalue weighted by molar-refractivity contribution is -0.133. The Morgan fingerprint density at radius 2 is 2.00 bits per heavy atom. The van der Waals surface area contributed by atoms with Crippen LogP contribution >= 0.6 is 0 Å². The topological polar surface area (TPSA) is 46.3 Å². The fourth-order valence-electron chi connectivity index (χ4n) is 2.30. The van der Waals surface area contributed by atoms with E-state index in [4.69, 9.17) is 5.73 Å². The van der Waals surface area contributed by atoms with Gasteiger partial charge < -0.3 is 10.6 Å². The molecular weight excluding hydrogens is 176 g/mol. The van der Waals surface area contributed by atoms with Gasteiger partial charge in [-0.1, -0.05) is 19.3 Å². The third kappa shape index (κ3) is 2.98. The first-order valence-corrected chi connectivity index (χ1v) is 5.79. The molecule has 0 unspecified atom stereocenters. The number of rotatable bonds is 4. The van der Waals surface area contributed by atoms with E-state index in [0.29, 0.717) is 19.0 Å². The Kier molecular flexibility index (Phi) is 4.94. The summed E-state index contributed by atoms with van der Waals surface area (Å²) in [5.74, 6) is 0.238. The molecule has 3 heteroatoms. The van der Waals surface area contributed by atoms with Gasteiger partial charge in [0.2, 0.25) is 5.91 Å². The molecule has 1 fully saturated rings. The zero-order chi connectivity index (χ0) is 10.4. The SMILES string of the molecule is CCN(C(=O)CCN)C1CCCCC1. The van der Waals surface area contributed by atoms with E-state index in [1.54, 1.807) is 0 Å². The van der Waals surface area contributed by atoms with Crippen molar-refractivity contribution in [3.63, 3.8) is 0 Å². The number of nitrogens with zero attached hydrogens (tertiary/aromatic N) is 1. The minimum absolute atomic E-state index is 0.238. The summed E-state index contributed by atoms with van der Waals surface area (Å²) in [5, 5.41) is 0. The van der Waals surface area contributed by atoms with Crippen LogP contribution in [0.4, 0.5) is 0 Å². The highest BCUT2D eigenvalue weighted by molar-refractivity contribution is 5.76. The molecule has 1 rings (SSSR count). The molecule has 0 aliphatic heterocycles. The van der Waals surface area contributed by atoms with Crippen molar-refractivity contribution in [3.05, 3.63) is 0 Å². The third-order valence-corrected chi connectivity index (χ3v) is 3.03. The van der Waals surface area contributed by atoms with Crippen LogP contribution in [0, 0.1) is 0 Å². The second-order valence-corrected chi connectivity index (χ2v) is 4.01. The number of hydrogen-bond donors (Lipinski definition) is 1. The van der Waals surface area contributed by atoms with E-state index < -0.39 is 0 Å². The van der Waals surface area contributed by atoms with Gasteiger partial charge in [0.25, 0.3) is 0 Å². The number of amides is 1. The van der Waals surface area contributed by atoms with E-state index in [2.05, 4.69) is 6.92 Å². The van der Waals surface area contributed by atoms with E-state index in [9.17, 15) is 4.79 Å². The molecular formula is C11H22N2O. The third-order valence-electron chi connectivity index (χ3n) is 3.03. The maximum Gasteiger partial charge on any atom is 0.224 e. The zero-order valence-corrected chi connectivity index (χ0v) is 9.17. The van der Waals surface area contributed by atoms with Gasteiger partial charge in [-0.2, -0.15) is 0 Å². The van der Waals surface area contributed by atoms with Crippen molar-refractivity contribution in [2.75, 3.05) is 13.1 Å². The van der Waals surface area contributed by atoms with Crippen LogP contribution in [0.5, 0.6) is 0 Å². The molecule has 0 aromatic carbocycles. The summed E-state index contributed by atoms with van der Waals surface area (Å²) in [4.78, 5) is 13.7. The van der Waals surface area contributed by atoms with E-state index in [1.807, 2.05) is 4.90 Å². The molecule has 3 nitrogen and oxygen atoms in total. The molecule has 1 aliphatic carbocycles. The number of hydrogen-bond acceptors (Lipinski definition) is 2. The lowest BCUT2D eigenvalue weighted by Gasteiger charge is -2.33. The van der Waals surface area contributed by atoms with Crippen LogP contribution in [0.25, 0.3) is 0 Å². The first-order chi connectivity index (χ1) is 6.79. The molecule has 2 N–H and O–H groups in total. The summed E-state index contributed by atoms with van der Waals surface area (Å²) < 4.78 is 0. The maximum atomic E-state index is 11.7. The highest BCUT2D eigenvalue weighted by Crippen LogP contribution is 2.22. The Labute approximate surface area is 86.6 Å². The Morgan fingerprint density at radius 3 is 2.50 bits per heavy atom. The van der Waals surface area contributed by atoms with Crippen LogP contribution in [0.15, 0.2) is 0 Å². The monoisotopic (exact) mass is 198 g/mol. The fraction of sp³-hybridized carbons (Fsp3) is 0.909. The standard InChI is InChI=1S/C11H22N2O/c1-2-13(11(14)8-9-12)10-6-4-3-5-7-10/h10H,2-9,12H2,1H3. The average Bonchev–Trinajstić information content (AvgIpc) is 2.21. The van der Waals surface area contributed by atoms with Crippen LogP contribution in [-0.2, 0) is 4.79 Å². The van der Waals surface area contributed by atoms with Gasteiger partial charge in [-0.25, -0.2) is 0 Å². The van der Waals surface area contributed by atoms with Gasteiger partial charge in [0.15, 0.2) is 0 Å². The van der Waals surface area contributed by atoms with Crippen molar-refractivity contribution in [2.45, 2.75) is 51.5 Å². The first-order valence-electron chi connectivity index (χ1n) is 5.79. The van der Waals surface area contributed by atoms with Crippen LogP contribution in [0.3, 0.4) is 0 Å². The minimum Gasteiger partial charge on any atom is -0.340 e. The summed E-state index contributed by atoms with van der Waals surface area (Å²) in [6, 6.07) is 0.493. The predicted octanol–water partition coefficient (Wildman–Crippen LogP) is 1.52. The quantitative estimate of drug-likeness (QED) is 0.744. The second kappa shape index (κ2) is 6.02. The molecule has 1 aliphatic rings. The zero-order valence-electron chi connectivity index (χ0n) is 9.17.